The van der Waals surface area contributed by atoms with Crippen molar-refractivity contribution in [1.82, 2.24) is 4.98 Å². The van der Waals surface area contributed by atoms with Crippen LogP contribution >= 0.6 is 0 Å². The molecule has 1 saturated heterocycles. The number of pyridine rings is 1. The number of nitrogen functional groups attached to an aromatic ring is 1. The van der Waals surface area contributed by atoms with Crippen molar-refractivity contribution in [3.05, 3.63) is 18.3 Å². The normalized spacial score (nSPS) is 25.8. The third-order valence-corrected chi connectivity index (χ3v) is 3.31. The molecule has 0 aliphatic carbocycles. The average Bonchev–Trinajstić information content (AvgIpc) is 2.31. The Hall–Kier alpha value is -1.29. The number of hydrogen-bond acceptors (Lipinski definition) is 4. The maximum atomic E-state index is 9.81. The van der Waals surface area contributed by atoms with Gasteiger partial charge in [0.15, 0.2) is 0 Å². The molecular formula is C12H19N3O. The van der Waals surface area contributed by atoms with E-state index < -0.39 is 0 Å². The zero-order valence-corrected chi connectivity index (χ0v) is 9.63. The quantitative estimate of drug-likeness (QED) is 0.789. The van der Waals surface area contributed by atoms with Crippen LogP contribution < -0.4 is 10.6 Å². The van der Waals surface area contributed by atoms with Gasteiger partial charge in [0.2, 0.25) is 0 Å². The van der Waals surface area contributed by atoms with E-state index in [1.54, 1.807) is 6.20 Å². The summed E-state index contributed by atoms with van der Waals surface area (Å²) in [5.41, 5.74) is 6.30. The highest BCUT2D eigenvalue weighted by Gasteiger charge is 2.26. The number of aliphatic hydroxyl groups is 1. The summed E-state index contributed by atoms with van der Waals surface area (Å²) in [6.45, 7) is 3.87. The number of aromatic nitrogens is 1. The number of nitrogens with zero attached hydrogens (tertiary/aromatic N) is 2. The summed E-state index contributed by atoms with van der Waals surface area (Å²) < 4.78 is 0. The van der Waals surface area contributed by atoms with Gasteiger partial charge in [-0.25, -0.2) is 4.98 Å². The molecule has 0 bridgehead atoms. The Morgan fingerprint density at radius 3 is 3.00 bits per heavy atom. The van der Waals surface area contributed by atoms with E-state index in [1.165, 1.54) is 0 Å². The van der Waals surface area contributed by atoms with Crippen molar-refractivity contribution in [3.63, 3.8) is 0 Å². The predicted molar refractivity (Wildman–Crippen MR) is 65.3 cm³/mol. The van der Waals surface area contributed by atoms with Crippen LogP contribution in [-0.4, -0.2) is 29.3 Å². The fourth-order valence-electron chi connectivity index (χ4n) is 2.21. The second-order valence-electron chi connectivity index (χ2n) is 4.42. The molecule has 2 atom stereocenters. The van der Waals surface area contributed by atoms with Crippen LogP contribution in [0.15, 0.2) is 18.3 Å². The minimum Gasteiger partial charge on any atom is -0.397 e. The number of hydrogen-bond donors (Lipinski definition) is 2. The van der Waals surface area contributed by atoms with Crippen LogP contribution in [0.4, 0.5) is 11.5 Å². The molecule has 0 aromatic carbocycles. The van der Waals surface area contributed by atoms with Crippen LogP contribution in [0.2, 0.25) is 0 Å². The maximum absolute atomic E-state index is 9.81. The van der Waals surface area contributed by atoms with Crippen LogP contribution in [-0.2, 0) is 0 Å². The minimum absolute atomic E-state index is 0.157. The van der Waals surface area contributed by atoms with E-state index in [4.69, 9.17) is 5.73 Å². The zero-order chi connectivity index (χ0) is 11.5. The van der Waals surface area contributed by atoms with E-state index in [-0.39, 0.29) is 6.10 Å². The van der Waals surface area contributed by atoms with Gasteiger partial charge in [0.25, 0.3) is 0 Å². The summed E-state index contributed by atoms with van der Waals surface area (Å²) in [5, 5.41) is 9.81. The first-order chi connectivity index (χ1) is 7.70. The molecule has 1 aliphatic heterocycles. The van der Waals surface area contributed by atoms with Gasteiger partial charge in [-0.3, -0.25) is 0 Å². The van der Waals surface area contributed by atoms with E-state index in [2.05, 4.69) is 16.8 Å². The van der Waals surface area contributed by atoms with E-state index in [9.17, 15) is 5.11 Å². The lowest BCUT2D eigenvalue weighted by atomic mass is 9.92. The minimum atomic E-state index is -0.157. The van der Waals surface area contributed by atoms with Crippen LogP contribution in [0, 0.1) is 5.92 Å². The van der Waals surface area contributed by atoms with Gasteiger partial charge in [-0.15, -0.1) is 0 Å². The average molecular weight is 221 g/mol. The highest BCUT2D eigenvalue weighted by Crippen LogP contribution is 2.24. The molecule has 88 valence electrons. The first kappa shape index (κ1) is 11.2. The van der Waals surface area contributed by atoms with Crippen LogP contribution in [0.5, 0.6) is 0 Å². The van der Waals surface area contributed by atoms with E-state index >= 15 is 0 Å². The number of piperidine rings is 1. The summed E-state index contributed by atoms with van der Waals surface area (Å²) in [5.74, 6) is 1.31. The van der Waals surface area contributed by atoms with Crippen LogP contribution in [0.1, 0.15) is 19.8 Å². The van der Waals surface area contributed by atoms with Crippen molar-refractivity contribution < 1.29 is 5.11 Å². The molecule has 1 aliphatic rings. The molecule has 0 spiro atoms. The third kappa shape index (κ3) is 2.27. The van der Waals surface area contributed by atoms with Crippen molar-refractivity contribution in [2.24, 2.45) is 5.92 Å². The molecule has 16 heavy (non-hydrogen) atoms. The highest BCUT2D eigenvalue weighted by molar-refractivity contribution is 5.46. The van der Waals surface area contributed by atoms with Crippen molar-refractivity contribution in [1.29, 1.82) is 0 Å². The molecule has 1 fully saturated rings. The van der Waals surface area contributed by atoms with Crippen LogP contribution in [0.25, 0.3) is 0 Å². The standard InChI is InChI=1S/C12H19N3O/c1-2-9-8-15(6-5-11(9)16)12-4-3-10(13)7-14-12/h3-4,7,9,11,16H,2,5-6,8,13H2,1H3/t9-,11-/m1/s1. The zero-order valence-electron chi connectivity index (χ0n) is 9.63. The van der Waals surface area contributed by atoms with Crippen molar-refractivity contribution >= 4 is 11.5 Å². The lowest BCUT2D eigenvalue weighted by Gasteiger charge is -2.36. The Balaban J connectivity index is 2.08. The van der Waals surface area contributed by atoms with Gasteiger partial charge in [-0.05, 0) is 25.0 Å². The third-order valence-electron chi connectivity index (χ3n) is 3.31. The maximum Gasteiger partial charge on any atom is 0.128 e. The molecule has 0 unspecified atom stereocenters. The van der Waals surface area contributed by atoms with Gasteiger partial charge in [0.05, 0.1) is 18.0 Å². The number of rotatable bonds is 2. The largest absolute Gasteiger partial charge is 0.397 e. The van der Waals surface area contributed by atoms with Gasteiger partial charge >= 0.3 is 0 Å². The van der Waals surface area contributed by atoms with Gasteiger partial charge in [-0.2, -0.15) is 0 Å². The lowest BCUT2D eigenvalue weighted by molar-refractivity contribution is 0.0858. The molecule has 1 aromatic rings. The first-order valence-electron chi connectivity index (χ1n) is 5.85. The van der Waals surface area contributed by atoms with Crippen LogP contribution in [0.3, 0.4) is 0 Å². The summed E-state index contributed by atoms with van der Waals surface area (Å²) in [6, 6.07) is 3.81. The predicted octanol–water partition coefficient (Wildman–Crippen LogP) is 1.26. The molecule has 4 nitrogen and oxygen atoms in total. The number of anilines is 2. The van der Waals surface area contributed by atoms with Crippen molar-refractivity contribution in [3.8, 4) is 0 Å². The molecule has 4 heteroatoms. The Morgan fingerprint density at radius 1 is 1.56 bits per heavy atom. The molecule has 0 saturated carbocycles. The van der Waals surface area contributed by atoms with E-state index in [0.717, 1.165) is 31.7 Å². The van der Waals surface area contributed by atoms with Gasteiger partial charge < -0.3 is 15.7 Å². The second kappa shape index (κ2) is 4.70. The molecule has 2 rings (SSSR count). The molecule has 0 radical (unpaired) electrons. The Bertz CT molecular complexity index is 339. The van der Waals surface area contributed by atoms with Gasteiger partial charge in [0.1, 0.15) is 5.82 Å². The molecule has 3 N–H and O–H groups in total. The fraction of sp³-hybridized carbons (Fsp3) is 0.583. The molecule has 1 aromatic heterocycles. The summed E-state index contributed by atoms with van der Waals surface area (Å²) in [7, 11) is 0. The Morgan fingerprint density at radius 2 is 2.38 bits per heavy atom. The SMILES string of the molecule is CC[C@@H]1CN(c2ccc(N)cn2)CC[C@H]1O. The van der Waals surface area contributed by atoms with Crippen molar-refractivity contribution in [2.45, 2.75) is 25.9 Å². The molecular weight excluding hydrogens is 202 g/mol. The Labute approximate surface area is 96.1 Å². The summed E-state index contributed by atoms with van der Waals surface area (Å²) in [6.07, 6.45) is 3.36. The highest BCUT2D eigenvalue weighted by atomic mass is 16.3. The monoisotopic (exact) mass is 221 g/mol. The smallest absolute Gasteiger partial charge is 0.128 e. The Kier molecular flexibility index (Phi) is 3.29. The second-order valence-corrected chi connectivity index (χ2v) is 4.42. The number of nitrogens with two attached hydrogens (primary N) is 1. The fourth-order valence-corrected chi connectivity index (χ4v) is 2.21. The van der Waals surface area contributed by atoms with E-state index in [1.807, 2.05) is 12.1 Å². The van der Waals surface area contributed by atoms with Gasteiger partial charge in [0, 0.05) is 19.0 Å². The number of aliphatic hydroxyl groups excluding tert-OH is 1. The summed E-state index contributed by atoms with van der Waals surface area (Å²) >= 11 is 0. The molecule has 0 amide bonds. The molecule has 2 heterocycles. The van der Waals surface area contributed by atoms with E-state index in [0.29, 0.717) is 11.6 Å². The first-order valence-corrected chi connectivity index (χ1v) is 5.85. The topological polar surface area (TPSA) is 62.4 Å². The van der Waals surface area contributed by atoms with Crippen molar-refractivity contribution in [2.75, 3.05) is 23.7 Å². The lowest BCUT2D eigenvalue weighted by Crippen LogP contribution is -2.43. The summed E-state index contributed by atoms with van der Waals surface area (Å²) in [4.78, 5) is 6.54. The van der Waals surface area contributed by atoms with Gasteiger partial charge in [-0.1, -0.05) is 6.92 Å².